The van der Waals surface area contributed by atoms with Gasteiger partial charge in [0.25, 0.3) is 0 Å². The number of halogens is 4. The molecule has 0 saturated heterocycles. The summed E-state index contributed by atoms with van der Waals surface area (Å²) >= 11 is 0. The molecule has 0 bridgehead atoms. The summed E-state index contributed by atoms with van der Waals surface area (Å²) in [5.74, 6) is -2.95. The van der Waals surface area contributed by atoms with E-state index in [2.05, 4.69) is 10.00 Å². The summed E-state index contributed by atoms with van der Waals surface area (Å²) in [7, 11) is 3.70. The van der Waals surface area contributed by atoms with E-state index < -0.39 is 12.1 Å². The fraction of sp³-hybridized carbons (Fsp3) is 0.444. The molecule has 0 fully saturated rings. The minimum atomic E-state index is -5.08. The van der Waals surface area contributed by atoms with Crippen LogP contribution in [0.5, 0.6) is 0 Å². The van der Waals surface area contributed by atoms with E-state index in [-0.39, 0.29) is 11.9 Å². The van der Waals surface area contributed by atoms with Crippen molar-refractivity contribution in [2.75, 3.05) is 20.3 Å². The lowest BCUT2D eigenvalue weighted by molar-refractivity contribution is -0.192. The summed E-state index contributed by atoms with van der Waals surface area (Å²) in [4.78, 5) is 11.3. The summed E-state index contributed by atoms with van der Waals surface area (Å²) in [6.07, 6.45) is -2.14. The summed E-state index contributed by atoms with van der Waals surface area (Å²) in [5.41, 5.74) is 3.64. The van der Waals surface area contributed by atoms with Gasteiger partial charge in [-0.05, 0) is 29.7 Å². The number of aromatic nitrogens is 2. The van der Waals surface area contributed by atoms with E-state index in [4.69, 9.17) is 14.6 Å². The van der Waals surface area contributed by atoms with Crippen LogP contribution in [-0.4, -0.2) is 52.2 Å². The summed E-state index contributed by atoms with van der Waals surface area (Å²) < 4.78 is 52.1. The lowest BCUT2D eigenvalue weighted by Gasteiger charge is -2.35. The van der Waals surface area contributed by atoms with E-state index in [1.165, 1.54) is 23.4 Å². The minimum Gasteiger partial charge on any atom is -0.475 e. The fourth-order valence-electron chi connectivity index (χ4n) is 3.06. The second-order valence-electron chi connectivity index (χ2n) is 6.30. The van der Waals surface area contributed by atoms with Gasteiger partial charge in [-0.15, -0.1) is 0 Å². The Bertz CT molecular complexity index is 790. The van der Waals surface area contributed by atoms with E-state index >= 15 is 0 Å². The second-order valence-corrected chi connectivity index (χ2v) is 6.30. The molecule has 154 valence electrons. The van der Waals surface area contributed by atoms with Crippen LogP contribution in [0.15, 0.2) is 30.5 Å². The highest BCUT2D eigenvalue weighted by Crippen LogP contribution is 2.30. The van der Waals surface area contributed by atoms with Gasteiger partial charge in [-0.1, -0.05) is 12.1 Å². The molecule has 3 rings (SSSR count). The number of benzene rings is 1. The monoisotopic (exact) mass is 403 g/mol. The first-order valence-electron chi connectivity index (χ1n) is 8.41. The number of fused-ring (bicyclic) bond motifs is 1. The molecule has 10 heteroatoms. The van der Waals surface area contributed by atoms with Gasteiger partial charge in [-0.25, -0.2) is 9.18 Å². The Hall–Kier alpha value is -2.46. The molecule has 0 saturated carbocycles. The third-order valence-electron chi connectivity index (χ3n) is 4.36. The van der Waals surface area contributed by atoms with E-state index in [0.717, 1.165) is 25.1 Å². The molecule has 0 amide bonds. The van der Waals surface area contributed by atoms with Gasteiger partial charge in [0.1, 0.15) is 5.82 Å². The molecule has 2 aromatic rings. The van der Waals surface area contributed by atoms with Crippen molar-refractivity contribution >= 4 is 5.97 Å². The van der Waals surface area contributed by atoms with Crippen LogP contribution in [0.4, 0.5) is 17.6 Å². The number of hydrogen-bond donors (Lipinski definition) is 1. The Morgan fingerprint density at radius 1 is 1.32 bits per heavy atom. The highest BCUT2D eigenvalue weighted by Gasteiger charge is 2.38. The molecule has 1 N–H and O–H groups in total. The van der Waals surface area contributed by atoms with Crippen molar-refractivity contribution in [1.82, 2.24) is 14.7 Å². The van der Waals surface area contributed by atoms with Gasteiger partial charge in [0, 0.05) is 27.2 Å². The third kappa shape index (κ3) is 5.52. The molecule has 1 aliphatic heterocycles. The van der Waals surface area contributed by atoms with Gasteiger partial charge in [-0.3, -0.25) is 9.58 Å². The van der Waals surface area contributed by atoms with Crippen LogP contribution in [-0.2, 0) is 29.5 Å². The number of rotatable bonds is 4. The van der Waals surface area contributed by atoms with Crippen molar-refractivity contribution in [3.05, 3.63) is 53.1 Å². The molecule has 0 aliphatic carbocycles. The van der Waals surface area contributed by atoms with Crippen LogP contribution < -0.4 is 0 Å². The molecule has 0 radical (unpaired) electrons. The first kappa shape index (κ1) is 21.8. The van der Waals surface area contributed by atoms with Gasteiger partial charge < -0.3 is 9.84 Å². The number of carboxylic acids is 1. The van der Waals surface area contributed by atoms with Gasteiger partial charge >= 0.3 is 12.1 Å². The average molecular weight is 403 g/mol. The number of ether oxygens (including phenoxy) is 1. The van der Waals surface area contributed by atoms with E-state index in [1.807, 2.05) is 30.1 Å². The van der Waals surface area contributed by atoms with Gasteiger partial charge in [-0.2, -0.15) is 18.3 Å². The normalized spacial score (nSPS) is 16.9. The highest BCUT2D eigenvalue weighted by molar-refractivity contribution is 5.73. The van der Waals surface area contributed by atoms with Crippen LogP contribution in [0, 0.1) is 5.82 Å². The molecule has 1 aliphatic rings. The highest BCUT2D eigenvalue weighted by atomic mass is 19.4. The zero-order valence-corrected chi connectivity index (χ0v) is 15.4. The zero-order valence-electron chi connectivity index (χ0n) is 15.4. The van der Waals surface area contributed by atoms with Gasteiger partial charge in [0.15, 0.2) is 0 Å². The Kier molecular flexibility index (Phi) is 7.14. The van der Waals surface area contributed by atoms with Gasteiger partial charge in [0.2, 0.25) is 0 Å². The number of alkyl halides is 3. The quantitative estimate of drug-likeness (QED) is 0.796. The van der Waals surface area contributed by atoms with Crippen LogP contribution >= 0.6 is 0 Å². The predicted octanol–water partition coefficient (Wildman–Crippen LogP) is 2.94. The van der Waals surface area contributed by atoms with Crippen LogP contribution in [0.1, 0.15) is 22.9 Å². The molecule has 2 heterocycles. The Labute approximate surface area is 159 Å². The fourth-order valence-corrected chi connectivity index (χ4v) is 3.06. The third-order valence-corrected chi connectivity index (χ3v) is 4.36. The van der Waals surface area contributed by atoms with Crippen molar-refractivity contribution in [3.63, 3.8) is 0 Å². The molecular weight excluding hydrogens is 382 g/mol. The summed E-state index contributed by atoms with van der Waals surface area (Å²) in [5, 5.41) is 11.5. The smallest absolute Gasteiger partial charge is 0.475 e. The standard InChI is InChI=1S/C16H20FN3O.C2HF3O2/c1-19-16-13(9-18-19)7-8-20(15(16)11-21-2)10-12-3-5-14(17)6-4-12;3-2(4,5)1(6)7/h3-6,9,15H,7-8,10-11H2,1-2H3;(H,6,7). The molecular formula is C18H21F4N3O3. The largest absolute Gasteiger partial charge is 0.490 e. The molecule has 0 spiro atoms. The van der Waals surface area contributed by atoms with E-state index in [0.29, 0.717) is 6.61 Å². The number of carbonyl (C=O) groups is 1. The van der Waals surface area contributed by atoms with E-state index in [9.17, 15) is 17.6 Å². The number of hydrogen-bond acceptors (Lipinski definition) is 4. The van der Waals surface area contributed by atoms with Crippen molar-refractivity contribution in [3.8, 4) is 0 Å². The van der Waals surface area contributed by atoms with Crippen molar-refractivity contribution in [2.45, 2.75) is 25.2 Å². The first-order chi connectivity index (χ1) is 13.1. The SMILES string of the molecule is COCC1c2c(cnn2C)CCN1Cc1ccc(F)cc1.O=C(O)C(F)(F)F. The number of methoxy groups -OCH3 is 1. The molecule has 1 unspecified atom stereocenters. The number of carboxylic acid groups (broad SMARTS) is 1. The Balaban J connectivity index is 0.000000345. The van der Waals surface area contributed by atoms with Crippen LogP contribution in [0.25, 0.3) is 0 Å². The lowest BCUT2D eigenvalue weighted by Crippen LogP contribution is -2.38. The molecule has 28 heavy (non-hydrogen) atoms. The Morgan fingerprint density at radius 3 is 2.46 bits per heavy atom. The van der Waals surface area contributed by atoms with Crippen LogP contribution in [0.2, 0.25) is 0 Å². The number of nitrogens with zero attached hydrogens (tertiary/aromatic N) is 3. The molecule has 1 aromatic carbocycles. The number of aryl methyl sites for hydroxylation is 1. The lowest BCUT2D eigenvalue weighted by atomic mass is 9.99. The van der Waals surface area contributed by atoms with Crippen molar-refractivity contribution in [2.24, 2.45) is 7.05 Å². The number of aliphatic carboxylic acids is 1. The summed E-state index contributed by atoms with van der Waals surface area (Å²) in [6.45, 7) is 2.39. The second kappa shape index (κ2) is 9.16. The van der Waals surface area contributed by atoms with Crippen LogP contribution in [0.3, 0.4) is 0 Å². The molecule has 1 atom stereocenters. The Morgan fingerprint density at radius 2 is 1.93 bits per heavy atom. The summed E-state index contributed by atoms with van der Waals surface area (Å²) in [6, 6.07) is 6.91. The maximum Gasteiger partial charge on any atom is 0.490 e. The van der Waals surface area contributed by atoms with E-state index in [1.54, 1.807) is 7.11 Å². The molecule has 6 nitrogen and oxygen atoms in total. The maximum atomic E-state index is 13.0. The predicted molar refractivity (Wildman–Crippen MR) is 92.0 cm³/mol. The van der Waals surface area contributed by atoms with Crippen molar-refractivity contribution < 1.29 is 32.2 Å². The zero-order chi connectivity index (χ0) is 20.9. The average Bonchev–Trinajstić information content (AvgIpc) is 3.00. The topological polar surface area (TPSA) is 67.6 Å². The minimum absolute atomic E-state index is 0.191. The molecule has 1 aromatic heterocycles. The first-order valence-corrected chi connectivity index (χ1v) is 8.41. The maximum absolute atomic E-state index is 13.0. The van der Waals surface area contributed by atoms with Gasteiger partial charge in [0.05, 0.1) is 24.5 Å². The van der Waals surface area contributed by atoms with Crippen molar-refractivity contribution in [1.29, 1.82) is 0 Å².